The molecule has 0 aliphatic carbocycles. The second-order valence-electron chi connectivity index (χ2n) is 3.58. The molecule has 0 atom stereocenters. The van der Waals surface area contributed by atoms with E-state index in [9.17, 15) is 13.2 Å². The van der Waals surface area contributed by atoms with Crippen molar-refractivity contribution in [2.75, 3.05) is 17.6 Å². The van der Waals surface area contributed by atoms with Gasteiger partial charge in [0.1, 0.15) is 0 Å². The number of para-hydroxylation sites is 1. The largest absolute Gasteiger partial charge is 0.478 e. The minimum absolute atomic E-state index is 0.00275. The highest BCUT2D eigenvalue weighted by atomic mass is 32.2. The lowest BCUT2D eigenvalue weighted by Crippen LogP contribution is -2.08. The summed E-state index contributed by atoms with van der Waals surface area (Å²) in [5.41, 5.74) is 0.218. The Morgan fingerprint density at radius 3 is 2.81 bits per heavy atom. The Labute approximate surface area is 93.0 Å². The van der Waals surface area contributed by atoms with E-state index in [0.29, 0.717) is 13.0 Å². The number of carboxylic acids is 1. The van der Waals surface area contributed by atoms with Gasteiger partial charge in [-0.05, 0) is 18.6 Å². The molecule has 2 rings (SSSR count). The number of hydrogen-bond donors (Lipinski definition) is 2. The summed E-state index contributed by atoms with van der Waals surface area (Å²) in [7, 11) is -3.36. The van der Waals surface area contributed by atoms with Gasteiger partial charge in [0.05, 0.1) is 21.9 Å². The number of aromatic carboxylic acids is 1. The standard InChI is InChI=1S/C10H11NO4S/c12-10(13)7-3-1-4-8-9(7)11-5-2-6-16(8,14)15/h1,3-4,11H,2,5-6H2,(H,12,13). The fourth-order valence-corrected chi connectivity index (χ4v) is 3.26. The number of fused-ring (bicyclic) bond motifs is 1. The molecule has 0 amide bonds. The third-order valence-corrected chi connectivity index (χ3v) is 4.32. The van der Waals surface area contributed by atoms with Crippen LogP contribution < -0.4 is 5.32 Å². The summed E-state index contributed by atoms with van der Waals surface area (Å²) in [4.78, 5) is 11.0. The van der Waals surface area contributed by atoms with E-state index in [4.69, 9.17) is 5.11 Å². The Kier molecular flexibility index (Phi) is 2.59. The number of hydrogen-bond acceptors (Lipinski definition) is 4. The van der Waals surface area contributed by atoms with Crippen LogP contribution in [-0.2, 0) is 9.84 Å². The van der Waals surface area contributed by atoms with Crippen molar-refractivity contribution >= 4 is 21.5 Å². The molecule has 2 N–H and O–H groups in total. The number of sulfone groups is 1. The highest BCUT2D eigenvalue weighted by Gasteiger charge is 2.25. The molecule has 0 radical (unpaired) electrons. The second-order valence-corrected chi connectivity index (χ2v) is 5.66. The summed E-state index contributed by atoms with van der Waals surface area (Å²) in [5.74, 6) is -1.07. The molecule has 1 aromatic rings. The van der Waals surface area contributed by atoms with Crippen LogP contribution in [-0.4, -0.2) is 31.8 Å². The summed E-state index contributed by atoms with van der Waals surface area (Å²) in [6, 6.07) is 4.29. The first-order valence-corrected chi connectivity index (χ1v) is 6.50. The van der Waals surface area contributed by atoms with Gasteiger partial charge >= 0.3 is 5.97 Å². The van der Waals surface area contributed by atoms with Gasteiger partial charge in [-0.2, -0.15) is 0 Å². The fraction of sp³-hybridized carbons (Fsp3) is 0.300. The molecule has 0 spiro atoms. The predicted octanol–water partition coefficient (Wildman–Crippen LogP) is 0.974. The van der Waals surface area contributed by atoms with Gasteiger partial charge in [-0.3, -0.25) is 0 Å². The molecule has 6 heteroatoms. The molecular formula is C10H11NO4S. The van der Waals surface area contributed by atoms with E-state index in [0.717, 1.165) is 0 Å². The second kappa shape index (κ2) is 3.79. The zero-order chi connectivity index (χ0) is 11.8. The first kappa shape index (κ1) is 10.9. The molecule has 86 valence electrons. The fourth-order valence-electron chi connectivity index (χ4n) is 1.74. The number of rotatable bonds is 1. The van der Waals surface area contributed by atoms with E-state index in [1.807, 2.05) is 0 Å². The van der Waals surface area contributed by atoms with Crippen molar-refractivity contribution in [3.05, 3.63) is 23.8 Å². The number of carboxylic acid groups (broad SMARTS) is 1. The van der Waals surface area contributed by atoms with Crippen LogP contribution in [0.1, 0.15) is 16.8 Å². The van der Waals surface area contributed by atoms with Crippen molar-refractivity contribution < 1.29 is 18.3 Å². The van der Waals surface area contributed by atoms with Crippen LogP contribution in [0.5, 0.6) is 0 Å². The maximum absolute atomic E-state index is 11.8. The van der Waals surface area contributed by atoms with Crippen LogP contribution >= 0.6 is 0 Å². The maximum Gasteiger partial charge on any atom is 0.337 e. The van der Waals surface area contributed by atoms with Crippen molar-refractivity contribution in [2.45, 2.75) is 11.3 Å². The molecule has 1 aromatic carbocycles. The Hall–Kier alpha value is -1.56. The molecule has 0 unspecified atom stereocenters. The minimum atomic E-state index is -3.36. The highest BCUT2D eigenvalue weighted by molar-refractivity contribution is 7.91. The summed E-state index contributed by atoms with van der Waals surface area (Å²) in [6.07, 6.45) is 0.482. The Balaban J connectivity index is 2.71. The predicted molar refractivity (Wildman–Crippen MR) is 58.6 cm³/mol. The lowest BCUT2D eigenvalue weighted by Gasteiger charge is -2.09. The van der Waals surface area contributed by atoms with Crippen molar-refractivity contribution in [2.24, 2.45) is 0 Å². The van der Waals surface area contributed by atoms with Gasteiger partial charge < -0.3 is 10.4 Å². The topological polar surface area (TPSA) is 83.5 Å². The molecule has 0 aromatic heterocycles. The molecule has 0 saturated carbocycles. The number of anilines is 1. The van der Waals surface area contributed by atoms with Crippen molar-refractivity contribution in [3.8, 4) is 0 Å². The van der Waals surface area contributed by atoms with Gasteiger partial charge in [0.2, 0.25) is 0 Å². The van der Waals surface area contributed by atoms with Crippen LogP contribution in [0.25, 0.3) is 0 Å². The Morgan fingerprint density at radius 2 is 2.12 bits per heavy atom. The number of benzene rings is 1. The van der Waals surface area contributed by atoms with Crippen LogP contribution in [0.3, 0.4) is 0 Å². The SMILES string of the molecule is O=C(O)c1cccc2c1NCCCS2(=O)=O. The van der Waals surface area contributed by atoms with Crippen LogP contribution in [0.15, 0.2) is 23.1 Å². The van der Waals surface area contributed by atoms with Gasteiger partial charge in [-0.25, -0.2) is 13.2 Å². The average molecular weight is 241 g/mol. The maximum atomic E-state index is 11.8. The summed E-state index contributed by atoms with van der Waals surface area (Å²) in [6.45, 7) is 0.469. The molecule has 0 fully saturated rings. The Bertz CT molecular complexity index is 536. The lowest BCUT2D eigenvalue weighted by molar-refractivity contribution is 0.0697. The van der Waals surface area contributed by atoms with E-state index in [2.05, 4.69) is 5.32 Å². The summed E-state index contributed by atoms with van der Waals surface area (Å²) < 4.78 is 23.7. The van der Waals surface area contributed by atoms with Crippen LogP contribution in [0.2, 0.25) is 0 Å². The molecule has 5 nitrogen and oxygen atoms in total. The Morgan fingerprint density at radius 1 is 1.38 bits per heavy atom. The first-order chi connectivity index (χ1) is 7.52. The normalized spacial score (nSPS) is 18.0. The molecule has 0 bridgehead atoms. The molecule has 1 aliphatic heterocycles. The number of carbonyl (C=O) groups is 1. The first-order valence-electron chi connectivity index (χ1n) is 4.85. The van der Waals surface area contributed by atoms with Gasteiger partial charge in [0.15, 0.2) is 9.84 Å². The van der Waals surface area contributed by atoms with Crippen molar-refractivity contribution in [3.63, 3.8) is 0 Å². The van der Waals surface area contributed by atoms with Gasteiger partial charge in [-0.15, -0.1) is 0 Å². The van der Waals surface area contributed by atoms with E-state index < -0.39 is 15.8 Å². The molecule has 0 saturated heterocycles. The third-order valence-electron chi connectivity index (χ3n) is 2.48. The molecule has 1 aliphatic rings. The van der Waals surface area contributed by atoms with Gasteiger partial charge in [0, 0.05) is 6.54 Å². The van der Waals surface area contributed by atoms with E-state index in [1.165, 1.54) is 18.2 Å². The van der Waals surface area contributed by atoms with E-state index in [1.54, 1.807) is 0 Å². The van der Waals surface area contributed by atoms with Gasteiger partial charge in [-0.1, -0.05) is 6.07 Å². The zero-order valence-electron chi connectivity index (χ0n) is 8.43. The monoisotopic (exact) mass is 241 g/mol. The quantitative estimate of drug-likeness (QED) is 0.765. The lowest BCUT2D eigenvalue weighted by atomic mass is 10.2. The molecular weight excluding hydrogens is 230 g/mol. The zero-order valence-corrected chi connectivity index (χ0v) is 9.25. The van der Waals surface area contributed by atoms with Gasteiger partial charge in [0.25, 0.3) is 0 Å². The summed E-state index contributed by atoms with van der Waals surface area (Å²) in [5, 5.41) is 11.8. The van der Waals surface area contributed by atoms with Crippen molar-refractivity contribution in [1.29, 1.82) is 0 Å². The minimum Gasteiger partial charge on any atom is -0.478 e. The van der Waals surface area contributed by atoms with Crippen LogP contribution in [0.4, 0.5) is 5.69 Å². The van der Waals surface area contributed by atoms with Crippen LogP contribution in [0, 0.1) is 0 Å². The van der Waals surface area contributed by atoms with E-state index in [-0.39, 0.29) is 21.9 Å². The smallest absolute Gasteiger partial charge is 0.337 e. The molecule has 1 heterocycles. The summed E-state index contributed by atoms with van der Waals surface area (Å²) >= 11 is 0. The third kappa shape index (κ3) is 1.76. The highest BCUT2D eigenvalue weighted by Crippen LogP contribution is 2.29. The van der Waals surface area contributed by atoms with Crippen molar-refractivity contribution in [1.82, 2.24) is 0 Å². The molecule has 16 heavy (non-hydrogen) atoms. The average Bonchev–Trinajstić information content (AvgIpc) is 2.37. The number of nitrogens with one attached hydrogen (secondary N) is 1. The van der Waals surface area contributed by atoms with E-state index >= 15 is 0 Å².